The SMILES string of the molecule is CCC(C)(NC(=O)/C=C/c1ccc(SC(F)(F)F)cc1)C(=O)OC. The van der Waals surface area contributed by atoms with Crippen molar-refractivity contribution in [2.45, 2.75) is 36.2 Å². The first-order valence-corrected chi connectivity index (χ1v) is 7.86. The highest BCUT2D eigenvalue weighted by atomic mass is 32.2. The smallest absolute Gasteiger partial charge is 0.446 e. The van der Waals surface area contributed by atoms with Gasteiger partial charge in [0.1, 0.15) is 5.54 Å². The second kappa shape index (κ2) is 8.23. The summed E-state index contributed by atoms with van der Waals surface area (Å²) in [5, 5.41) is 2.55. The van der Waals surface area contributed by atoms with Gasteiger partial charge in [0.05, 0.1) is 7.11 Å². The van der Waals surface area contributed by atoms with Crippen molar-refractivity contribution in [3.05, 3.63) is 35.9 Å². The maximum Gasteiger partial charge on any atom is 0.446 e. The van der Waals surface area contributed by atoms with Gasteiger partial charge in [0.2, 0.25) is 5.91 Å². The lowest BCUT2D eigenvalue weighted by Crippen LogP contribution is -2.51. The van der Waals surface area contributed by atoms with Gasteiger partial charge < -0.3 is 10.1 Å². The van der Waals surface area contributed by atoms with Gasteiger partial charge in [0.25, 0.3) is 0 Å². The van der Waals surface area contributed by atoms with E-state index in [-0.39, 0.29) is 16.7 Å². The first-order chi connectivity index (χ1) is 11.1. The Morgan fingerprint density at radius 2 is 1.83 bits per heavy atom. The molecule has 1 rings (SSSR count). The lowest BCUT2D eigenvalue weighted by Gasteiger charge is -2.25. The molecular formula is C16H18F3NO3S. The summed E-state index contributed by atoms with van der Waals surface area (Å²) in [5.74, 6) is -1.06. The number of hydrogen-bond acceptors (Lipinski definition) is 4. The van der Waals surface area contributed by atoms with Gasteiger partial charge in [-0.2, -0.15) is 13.2 Å². The van der Waals surface area contributed by atoms with E-state index in [9.17, 15) is 22.8 Å². The first kappa shape index (κ1) is 20.1. The van der Waals surface area contributed by atoms with Gasteiger partial charge in [-0.25, -0.2) is 4.79 Å². The van der Waals surface area contributed by atoms with E-state index in [1.165, 1.54) is 43.5 Å². The third kappa shape index (κ3) is 6.27. The van der Waals surface area contributed by atoms with E-state index in [4.69, 9.17) is 0 Å². The summed E-state index contributed by atoms with van der Waals surface area (Å²) in [6, 6.07) is 5.58. The summed E-state index contributed by atoms with van der Waals surface area (Å²) >= 11 is -0.204. The number of carbonyl (C=O) groups is 2. The molecule has 132 valence electrons. The zero-order valence-corrected chi connectivity index (χ0v) is 14.3. The largest absolute Gasteiger partial charge is 0.467 e. The van der Waals surface area contributed by atoms with Gasteiger partial charge >= 0.3 is 11.5 Å². The standard InChI is InChI=1S/C16H18F3NO3S/c1-4-15(2,14(22)23-3)20-13(21)10-7-11-5-8-12(9-6-11)24-16(17,18)19/h5-10H,4H2,1-3H3,(H,20,21)/b10-7+. The minimum Gasteiger partial charge on any atom is -0.467 e. The van der Waals surface area contributed by atoms with Crippen LogP contribution in [0.15, 0.2) is 35.2 Å². The maximum atomic E-state index is 12.2. The molecule has 0 heterocycles. The number of methoxy groups -OCH3 is 1. The number of nitrogens with one attached hydrogen (secondary N) is 1. The summed E-state index contributed by atoms with van der Waals surface area (Å²) in [6.45, 7) is 3.28. The summed E-state index contributed by atoms with van der Waals surface area (Å²) < 4.78 is 41.4. The molecule has 0 aliphatic carbocycles. The lowest BCUT2D eigenvalue weighted by molar-refractivity contribution is -0.149. The third-order valence-electron chi connectivity index (χ3n) is 3.28. The summed E-state index contributed by atoms with van der Waals surface area (Å²) in [4.78, 5) is 23.6. The number of esters is 1. The zero-order chi connectivity index (χ0) is 18.4. The van der Waals surface area contributed by atoms with Crippen molar-refractivity contribution in [1.82, 2.24) is 5.32 Å². The highest BCUT2D eigenvalue weighted by molar-refractivity contribution is 8.00. The topological polar surface area (TPSA) is 55.4 Å². The number of alkyl halides is 3. The Hall–Kier alpha value is -1.96. The Morgan fingerprint density at radius 1 is 1.25 bits per heavy atom. The number of ether oxygens (including phenoxy) is 1. The fraction of sp³-hybridized carbons (Fsp3) is 0.375. The molecule has 1 unspecified atom stereocenters. The van der Waals surface area contributed by atoms with E-state index < -0.39 is 22.9 Å². The Morgan fingerprint density at radius 3 is 2.29 bits per heavy atom. The Bertz CT molecular complexity index is 614. The summed E-state index contributed by atoms with van der Waals surface area (Å²) in [5.41, 5.74) is -4.91. The molecule has 0 radical (unpaired) electrons. The van der Waals surface area contributed by atoms with Crippen molar-refractivity contribution < 1.29 is 27.5 Å². The molecule has 0 saturated carbocycles. The van der Waals surface area contributed by atoms with Crippen LogP contribution in [-0.4, -0.2) is 30.0 Å². The van der Waals surface area contributed by atoms with Crippen LogP contribution < -0.4 is 5.32 Å². The monoisotopic (exact) mass is 361 g/mol. The molecule has 1 amide bonds. The van der Waals surface area contributed by atoms with Crippen LogP contribution in [0.2, 0.25) is 0 Å². The summed E-state index contributed by atoms with van der Waals surface area (Å²) in [6.07, 6.45) is 3.01. The fourth-order valence-electron chi connectivity index (χ4n) is 1.78. The average Bonchev–Trinajstić information content (AvgIpc) is 2.51. The number of halogens is 3. The van der Waals surface area contributed by atoms with E-state index in [0.717, 1.165) is 0 Å². The van der Waals surface area contributed by atoms with Gasteiger partial charge in [-0.3, -0.25) is 4.79 Å². The summed E-state index contributed by atoms with van der Waals surface area (Å²) in [7, 11) is 1.23. The molecule has 4 nitrogen and oxygen atoms in total. The molecule has 0 aliphatic rings. The fourth-order valence-corrected chi connectivity index (χ4v) is 2.31. The molecule has 8 heteroatoms. The number of amides is 1. The van der Waals surface area contributed by atoms with Crippen molar-refractivity contribution in [3.63, 3.8) is 0 Å². The van der Waals surface area contributed by atoms with E-state index in [1.54, 1.807) is 13.8 Å². The molecule has 0 bridgehead atoms. The molecule has 24 heavy (non-hydrogen) atoms. The number of benzene rings is 1. The molecule has 1 aromatic carbocycles. The molecule has 1 atom stereocenters. The molecule has 0 spiro atoms. The number of rotatable bonds is 6. The molecule has 1 aromatic rings. The Kier molecular flexibility index (Phi) is 6.89. The third-order valence-corrected chi connectivity index (χ3v) is 4.02. The van der Waals surface area contributed by atoms with Crippen molar-refractivity contribution in [2.24, 2.45) is 0 Å². The van der Waals surface area contributed by atoms with Crippen LogP contribution in [0.3, 0.4) is 0 Å². The van der Waals surface area contributed by atoms with Gasteiger partial charge in [0.15, 0.2) is 0 Å². The molecule has 0 aromatic heterocycles. The predicted molar refractivity (Wildman–Crippen MR) is 86.2 cm³/mol. The van der Waals surface area contributed by atoms with E-state index in [0.29, 0.717) is 12.0 Å². The van der Waals surface area contributed by atoms with E-state index >= 15 is 0 Å². The van der Waals surface area contributed by atoms with Crippen LogP contribution in [-0.2, 0) is 14.3 Å². The van der Waals surface area contributed by atoms with E-state index in [2.05, 4.69) is 10.1 Å². The van der Waals surface area contributed by atoms with Crippen molar-refractivity contribution in [3.8, 4) is 0 Å². The average molecular weight is 361 g/mol. The van der Waals surface area contributed by atoms with Gasteiger partial charge in [0, 0.05) is 11.0 Å². The molecular weight excluding hydrogens is 343 g/mol. The maximum absolute atomic E-state index is 12.2. The molecule has 1 N–H and O–H groups in total. The number of thioether (sulfide) groups is 1. The van der Waals surface area contributed by atoms with Crippen molar-refractivity contribution in [2.75, 3.05) is 7.11 Å². The first-order valence-electron chi connectivity index (χ1n) is 7.04. The van der Waals surface area contributed by atoms with Gasteiger partial charge in [-0.1, -0.05) is 19.1 Å². The predicted octanol–water partition coefficient (Wildman–Crippen LogP) is 3.77. The van der Waals surface area contributed by atoms with Crippen LogP contribution in [0.25, 0.3) is 6.08 Å². The van der Waals surface area contributed by atoms with Gasteiger partial charge in [-0.05, 0) is 48.9 Å². The van der Waals surface area contributed by atoms with Crippen molar-refractivity contribution in [1.29, 1.82) is 0 Å². The van der Waals surface area contributed by atoms with Crippen LogP contribution in [0.4, 0.5) is 13.2 Å². The zero-order valence-electron chi connectivity index (χ0n) is 13.4. The van der Waals surface area contributed by atoms with Crippen LogP contribution in [0.5, 0.6) is 0 Å². The molecule has 0 saturated heterocycles. The quantitative estimate of drug-likeness (QED) is 0.476. The lowest BCUT2D eigenvalue weighted by atomic mass is 9.99. The minimum atomic E-state index is -4.34. The van der Waals surface area contributed by atoms with Crippen molar-refractivity contribution >= 4 is 29.7 Å². The van der Waals surface area contributed by atoms with E-state index in [1.807, 2.05) is 0 Å². The molecule has 0 aliphatic heterocycles. The van der Waals surface area contributed by atoms with Crippen LogP contribution in [0, 0.1) is 0 Å². The van der Waals surface area contributed by atoms with Gasteiger partial charge in [-0.15, -0.1) is 0 Å². The van der Waals surface area contributed by atoms with Crippen LogP contribution >= 0.6 is 11.8 Å². The number of carbonyl (C=O) groups excluding carboxylic acids is 2. The van der Waals surface area contributed by atoms with Crippen LogP contribution in [0.1, 0.15) is 25.8 Å². The highest BCUT2D eigenvalue weighted by Gasteiger charge is 2.33. The normalized spacial score (nSPS) is 14.2. The second-order valence-electron chi connectivity index (χ2n) is 5.12. The number of hydrogen-bond donors (Lipinski definition) is 1. The Balaban J connectivity index is 2.72. The second-order valence-corrected chi connectivity index (χ2v) is 6.26. The minimum absolute atomic E-state index is 0.0633. The Labute approximate surface area is 142 Å². The molecule has 0 fully saturated rings. The highest BCUT2D eigenvalue weighted by Crippen LogP contribution is 2.36.